The molecule has 110 valence electrons. The first-order valence-corrected chi connectivity index (χ1v) is 6.95. The van der Waals surface area contributed by atoms with E-state index in [1.54, 1.807) is 12.1 Å². The third-order valence-electron chi connectivity index (χ3n) is 2.98. The van der Waals surface area contributed by atoms with Crippen LogP contribution in [0.5, 0.6) is 5.75 Å². The second-order valence-corrected chi connectivity index (χ2v) is 4.71. The molecule has 2 aromatic rings. The standard InChI is InChI=1S/C17H18FNO2/c1-2-5-13-8-10-14(11-9-13)21-12-17(20)19-16-7-4-3-6-15(16)18/h3-4,6-11H,2,5,12H2,1H3,(H,19,20). The normalized spacial score (nSPS) is 10.2. The molecule has 0 bridgehead atoms. The van der Waals surface area contributed by atoms with Gasteiger partial charge in [0.2, 0.25) is 0 Å². The van der Waals surface area contributed by atoms with E-state index in [4.69, 9.17) is 4.74 Å². The van der Waals surface area contributed by atoms with Crippen LogP contribution in [0.4, 0.5) is 10.1 Å². The second kappa shape index (κ2) is 7.43. The predicted molar refractivity (Wildman–Crippen MR) is 81.0 cm³/mol. The molecule has 0 aliphatic heterocycles. The smallest absolute Gasteiger partial charge is 0.262 e. The van der Waals surface area contributed by atoms with Crippen LogP contribution in [0.15, 0.2) is 48.5 Å². The Hall–Kier alpha value is -2.36. The minimum Gasteiger partial charge on any atom is -0.484 e. The van der Waals surface area contributed by atoms with Crippen molar-refractivity contribution >= 4 is 11.6 Å². The number of carbonyl (C=O) groups is 1. The Labute approximate surface area is 123 Å². The van der Waals surface area contributed by atoms with Crippen LogP contribution >= 0.6 is 0 Å². The first-order chi connectivity index (χ1) is 10.2. The Morgan fingerprint density at radius 1 is 1.14 bits per heavy atom. The Kier molecular flexibility index (Phi) is 5.32. The lowest BCUT2D eigenvalue weighted by molar-refractivity contribution is -0.118. The second-order valence-electron chi connectivity index (χ2n) is 4.71. The van der Waals surface area contributed by atoms with Gasteiger partial charge in [0.1, 0.15) is 11.6 Å². The molecule has 0 radical (unpaired) electrons. The number of para-hydroxylation sites is 1. The van der Waals surface area contributed by atoms with E-state index in [0.717, 1.165) is 12.8 Å². The van der Waals surface area contributed by atoms with Gasteiger partial charge >= 0.3 is 0 Å². The largest absolute Gasteiger partial charge is 0.484 e. The van der Waals surface area contributed by atoms with Crippen molar-refractivity contribution in [3.05, 3.63) is 59.9 Å². The molecular weight excluding hydrogens is 269 g/mol. The number of carbonyl (C=O) groups excluding carboxylic acids is 1. The maximum absolute atomic E-state index is 13.4. The number of anilines is 1. The van der Waals surface area contributed by atoms with Gasteiger partial charge in [-0.05, 0) is 36.2 Å². The molecule has 21 heavy (non-hydrogen) atoms. The molecule has 0 saturated heterocycles. The molecule has 0 aliphatic carbocycles. The monoisotopic (exact) mass is 287 g/mol. The van der Waals surface area contributed by atoms with Gasteiger partial charge in [0.25, 0.3) is 5.91 Å². The van der Waals surface area contributed by atoms with Crippen LogP contribution in [0, 0.1) is 5.82 Å². The summed E-state index contributed by atoms with van der Waals surface area (Å²) in [5.41, 5.74) is 1.39. The summed E-state index contributed by atoms with van der Waals surface area (Å²) in [6, 6.07) is 13.7. The summed E-state index contributed by atoms with van der Waals surface area (Å²) in [5, 5.41) is 2.47. The average Bonchev–Trinajstić information content (AvgIpc) is 2.49. The molecule has 4 heteroatoms. The molecule has 0 atom stereocenters. The van der Waals surface area contributed by atoms with Gasteiger partial charge in [-0.2, -0.15) is 0 Å². The maximum Gasteiger partial charge on any atom is 0.262 e. The predicted octanol–water partition coefficient (Wildman–Crippen LogP) is 3.80. The van der Waals surface area contributed by atoms with Crippen molar-refractivity contribution in [2.45, 2.75) is 19.8 Å². The summed E-state index contributed by atoms with van der Waals surface area (Å²) in [6.45, 7) is 1.97. The minimum absolute atomic E-state index is 0.151. The topological polar surface area (TPSA) is 38.3 Å². The summed E-state index contributed by atoms with van der Waals surface area (Å²) >= 11 is 0. The van der Waals surface area contributed by atoms with Crippen LogP contribution in [-0.4, -0.2) is 12.5 Å². The fraction of sp³-hybridized carbons (Fsp3) is 0.235. The lowest BCUT2D eigenvalue weighted by Crippen LogP contribution is -2.20. The molecule has 3 nitrogen and oxygen atoms in total. The first-order valence-electron chi connectivity index (χ1n) is 6.95. The summed E-state index contributed by atoms with van der Waals surface area (Å²) in [7, 11) is 0. The van der Waals surface area contributed by atoms with Gasteiger partial charge in [-0.1, -0.05) is 37.6 Å². The van der Waals surface area contributed by atoms with E-state index < -0.39 is 11.7 Å². The van der Waals surface area contributed by atoms with Gasteiger partial charge in [-0.3, -0.25) is 4.79 Å². The molecule has 0 spiro atoms. The highest BCUT2D eigenvalue weighted by atomic mass is 19.1. The first kappa shape index (κ1) is 15.0. The quantitative estimate of drug-likeness (QED) is 0.877. The van der Waals surface area contributed by atoms with Gasteiger partial charge in [-0.25, -0.2) is 4.39 Å². The van der Waals surface area contributed by atoms with Gasteiger partial charge in [-0.15, -0.1) is 0 Å². The van der Waals surface area contributed by atoms with E-state index in [1.165, 1.54) is 17.7 Å². The molecule has 0 unspecified atom stereocenters. The van der Waals surface area contributed by atoms with E-state index in [9.17, 15) is 9.18 Å². The lowest BCUT2D eigenvalue weighted by Gasteiger charge is -2.08. The molecule has 1 N–H and O–H groups in total. The Balaban J connectivity index is 1.85. The average molecular weight is 287 g/mol. The Bertz CT molecular complexity index is 596. The zero-order valence-corrected chi connectivity index (χ0v) is 11.9. The number of hydrogen-bond acceptors (Lipinski definition) is 2. The number of rotatable bonds is 6. The fourth-order valence-electron chi connectivity index (χ4n) is 1.94. The van der Waals surface area contributed by atoms with Gasteiger partial charge in [0, 0.05) is 0 Å². The van der Waals surface area contributed by atoms with Crippen molar-refractivity contribution in [1.29, 1.82) is 0 Å². The number of ether oxygens (including phenoxy) is 1. The summed E-state index contributed by atoms with van der Waals surface area (Å²) in [4.78, 5) is 11.7. The molecule has 0 aromatic heterocycles. The number of aryl methyl sites for hydroxylation is 1. The molecule has 0 saturated carbocycles. The zero-order chi connectivity index (χ0) is 15.1. The van der Waals surface area contributed by atoms with Gasteiger partial charge in [0.15, 0.2) is 6.61 Å². The molecule has 0 aliphatic rings. The Morgan fingerprint density at radius 2 is 1.86 bits per heavy atom. The van der Waals surface area contributed by atoms with Crippen molar-refractivity contribution in [2.24, 2.45) is 0 Å². The van der Waals surface area contributed by atoms with Gasteiger partial charge < -0.3 is 10.1 Å². The van der Waals surface area contributed by atoms with E-state index in [2.05, 4.69) is 12.2 Å². The SMILES string of the molecule is CCCc1ccc(OCC(=O)Nc2ccccc2F)cc1. The van der Waals surface area contributed by atoms with E-state index >= 15 is 0 Å². The number of nitrogens with one attached hydrogen (secondary N) is 1. The van der Waals surface area contributed by atoms with Crippen LogP contribution in [0.2, 0.25) is 0 Å². The third-order valence-corrected chi connectivity index (χ3v) is 2.98. The third kappa shape index (κ3) is 4.60. The van der Waals surface area contributed by atoms with Crippen molar-refractivity contribution in [1.82, 2.24) is 0 Å². The van der Waals surface area contributed by atoms with Crippen molar-refractivity contribution in [3.8, 4) is 5.75 Å². The van der Waals surface area contributed by atoms with E-state index in [1.807, 2.05) is 24.3 Å². The summed E-state index contributed by atoms with van der Waals surface area (Å²) in [6.07, 6.45) is 2.11. The molecule has 2 aromatic carbocycles. The highest BCUT2D eigenvalue weighted by Gasteiger charge is 2.07. The highest BCUT2D eigenvalue weighted by molar-refractivity contribution is 5.91. The minimum atomic E-state index is -0.463. The lowest BCUT2D eigenvalue weighted by atomic mass is 10.1. The number of halogens is 1. The summed E-state index contributed by atoms with van der Waals surface area (Å²) < 4.78 is 18.8. The van der Waals surface area contributed by atoms with Gasteiger partial charge in [0.05, 0.1) is 5.69 Å². The van der Waals surface area contributed by atoms with Crippen LogP contribution in [-0.2, 0) is 11.2 Å². The number of hydrogen-bond donors (Lipinski definition) is 1. The van der Waals surface area contributed by atoms with E-state index in [-0.39, 0.29) is 12.3 Å². The maximum atomic E-state index is 13.4. The van der Waals surface area contributed by atoms with Crippen molar-refractivity contribution < 1.29 is 13.9 Å². The molecular formula is C17H18FNO2. The number of benzene rings is 2. The van der Waals surface area contributed by atoms with Crippen molar-refractivity contribution in [3.63, 3.8) is 0 Å². The van der Waals surface area contributed by atoms with Crippen molar-refractivity contribution in [2.75, 3.05) is 11.9 Å². The van der Waals surface area contributed by atoms with Crippen LogP contribution < -0.4 is 10.1 Å². The van der Waals surface area contributed by atoms with Crippen LogP contribution in [0.25, 0.3) is 0 Å². The molecule has 0 heterocycles. The molecule has 1 amide bonds. The fourth-order valence-corrected chi connectivity index (χ4v) is 1.94. The number of amides is 1. The highest BCUT2D eigenvalue weighted by Crippen LogP contribution is 2.14. The van der Waals surface area contributed by atoms with E-state index in [0.29, 0.717) is 5.75 Å². The summed E-state index contributed by atoms with van der Waals surface area (Å²) in [5.74, 6) is -0.231. The zero-order valence-electron chi connectivity index (χ0n) is 11.9. The van der Waals surface area contributed by atoms with Crippen LogP contribution in [0.3, 0.4) is 0 Å². The molecule has 0 fully saturated rings. The Morgan fingerprint density at radius 3 is 2.52 bits per heavy atom. The van der Waals surface area contributed by atoms with Crippen LogP contribution in [0.1, 0.15) is 18.9 Å². The molecule has 2 rings (SSSR count).